The molecule has 0 bridgehead atoms. The van der Waals surface area contributed by atoms with Crippen molar-refractivity contribution in [1.82, 2.24) is 15.3 Å². The Morgan fingerprint density at radius 1 is 1.39 bits per heavy atom. The van der Waals surface area contributed by atoms with E-state index in [4.69, 9.17) is 11.1 Å². The Balaban J connectivity index is 2.15. The second-order valence-electron chi connectivity index (χ2n) is 5.97. The van der Waals surface area contributed by atoms with Crippen molar-refractivity contribution in [3.05, 3.63) is 72.0 Å². The van der Waals surface area contributed by atoms with Gasteiger partial charge in [0.1, 0.15) is 11.6 Å². The fourth-order valence-electron chi connectivity index (χ4n) is 2.30. The van der Waals surface area contributed by atoms with Crippen LogP contribution in [0.15, 0.2) is 71.2 Å². The third-order valence-electron chi connectivity index (χ3n) is 3.74. The van der Waals surface area contributed by atoms with Crippen molar-refractivity contribution in [2.24, 2.45) is 4.99 Å². The molecule has 0 aliphatic carbocycles. The molecular formula is C21H25FN6. The number of aromatic nitrogens is 2. The van der Waals surface area contributed by atoms with Crippen molar-refractivity contribution in [3.63, 3.8) is 0 Å². The molecule has 0 saturated heterocycles. The van der Waals surface area contributed by atoms with Crippen LogP contribution in [0.5, 0.6) is 0 Å². The van der Waals surface area contributed by atoms with Crippen molar-refractivity contribution in [2.45, 2.75) is 19.8 Å². The first-order valence-corrected chi connectivity index (χ1v) is 9.10. The van der Waals surface area contributed by atoms with Gasteiger partial charge in [0.05, 0.1) is 18.0 Å². The van der Waals surface area contributed by atoms with E-state index in [1.54, 1.807) is 30.6 Å². The summed E-state index contributed by atoms with van der Waals surface area (Å²) in [7, 11) is 0. The summed E-state index contributed by atoms with van der Waals surface area (Å²) in [6.45, 7) is 2.73. The second kappa shape index (κ2) is 11.4. The smallest absolute Gasteiger partial charge is 0.177 e. The van der Waals surface area contributed by atoms with Crippen LogP contribution in [0, 0.1) is 5.41 Å². The third-order valence-corrected chi connectivity index (χ3v) is 3.74. The number of hydrogen-bond donors (Lipinski definition) is 3. The summed E-state index contributed by atoms with van der Waals surface area (Å²) in [6, 6.07) is 1.59. The number of nitrogens with one attached hydrogen (secondary N) is 2. The standard InChI is InChI=1S/C21H25FN6/c1-2-3-4-8-17(22)9-12-26-19(21-27-13-10-20(24)28-21)14-18(23)16-7-5-6-11-25-15-16/h3-8,10-11,13-14,23,26H,2,9,12,15H2,1H3,(H2,24,27,28)/b4-3-,17-8+,19-14-,23-18?. The average molecular weight is 380 g/mol. The average Bonchev–Trinajstić information content (AvgIpc) is 2.97. The van der Waals surface area contributed by atoms with E-state index in [1.807, 2.05) is 31.2 Å². The zero-order chi connectivity index (χ0) is 20.2. The van der Waals surface area contributed by atoms with Crippen molar-refractivity contribution in [2.75, 3.05) is 18.8 Å². The Bertz CT molecular complexity index is 861. The van der Waals surface area contributed by atoms with Crippen LogP contribution >= 0.6 is 0 Å². The SMILES string of the molecule is CC/C=C\C=C(\F)CCN/C(=C\C(=N)C1=CC=CC=NC1)c1nccc(N)n1. The third kappa shape index (κ3) is 7.11. The number of nitrogens with two attached hydrogens (primary N) is 1. The molecule has 0 atom stereocenters. The van der Waals surface area contributed by atoms with E-state index in [2.05, 4.69) is 20.3 Å². The highest BCUT2D eigenvalue weighted by Gasteiger charge is 2.10. The van der Waals surface area contributed by atoms with Gasteiger partial charge in [0.25, 0.3) is 0 Å². The summed E-state index contributed by atoms with van der Waals surface area (Å²) in [6.07, 6.45) is 16.5. The molecule has 7 heteroatoms. The van der Waals surface area contributed by atoms with Crippen LogP contribution in [0.3, 0.4) is 0 Å². The highest BCUT2D eigenvalue weighted by molar-refractivity contribution is 6.10. The normalized spacial score (nSPS) is 14.9. The summed E-state index contributed by atoms with van der Waals surface area (Å²) < 4.78 is 13.9. The van der Waals surface area contributed by atoms with E-state index in [9.17, 15) is 4.39 Å². The lowest BCUT2D eigenvalue weighted by molar-refractivity contribution is 0.582. The number of aliphatic imine (C=N–C) groups is 1. The minimum Gasteiger partial charge on any atom is -0.384 e. The van der Waals surface area contributed by atoms with Gasteiger partial charge in [0.2, 0.25) is 0 Å². The summed E-state index contributed by atoms with van der Waals surface area (Å²) in [4.78, 5) is 12.6. The number of hydrogen-bond acceptors (Lipinski definition) is 6. The first kappa shape index (κ1) is 21.0. The van der Waals surface area contributed by atoms with E-state index < -0.39 is 0 Å². The monoisotopic (exact) mass is 380 g/mol. The first-order valence-electron chi connectivity index (χ1n) is 9.10. The van der Waals surface area contributed by atoms with Gasteiger partial charge in [-0.3, -0.25) is 4.99 Å². The van der Waals surface area contributed by atoms with E-state index in [0.29, 0.717) is 30.4 Å². The molecule has 1 aromatic rings. The predicted octanol–water partition coefficient (Wildman–Crippen LogP) is 3.79. The van der Waals surface area contributed by atoms with Crippen molar-refractivity contribution in [3.8, 4) is 0 Å². The maximum absolute atomic E-state index is 13.9. The van der Waals surface area contributed by atoms with Crippen LogP contribution in [0.1, 0.15) is 25.6 Å². The lowest BCUT2D eigenvalue weighted by atomic mass is 10.1. The van der Waals surface area contributed by atoms with Gasteiger partial charge in [-0.1, -0.05) is 31.2 Å². The van der Waals surface area contributed by atoms with Gasteiger partial charge in [-0.05, 0) is 36.3 Å². The summed E-state index contributed by atoms with van der Waals surface area (Å²) in [5, 5.41) is 11.5. The van der Waals surface area contributed by atoms with E-state index in [1.165, 1.54) is 6.08 Å². The van der Waals surface area contributed by atoms with Crippen molar-refractivity contribution >= 4 is 23.4 Å². The van der Waals surface area contributed by atoms with Crippen LogP contribution < -0.4 is 11.1 Å². The summed E-state index contributed by atoms with van der Waals surface area (Å²) in [5.74, 6) is 0.445. The molecule has 2 rings (SSSR count). The molecule has 0 saturated carbocycles. The van der Waals surface area contributed by atoms with Gasteiger partial charge in [-0.2, -0.15) is 0 Å². The number of allylic oxidation sites excluding steroid dienone is 7. The van der Waals surface area contributed by atoms with Gasteiger partial charge >= 0.3 is 0 Å². The first-order chi connectivity index (χ1) is 13.6. The van der Waals surface area contributed by atoms with Crippen LogP contribution in [0.2, 0.25) is 0 Å². The van der Waals surface area contributed by atoms with Gasteiger partial charge in [0, 0.05) is 25.4 Å². The molecule has 0 spiro atoms. The Hall–Kier alpha value is -3.35. The number of anilines is 1. The molecule has 4 N–H and O–H groups in total. The largest absolute Gasteiger partial charge is 0.384 e. The van der Waals surface area contributed by atoms with Crippen LogP contribution in [-0.4, -0.2) is 35.0 Å². The second-order valence-corrected chi connectivity index (χ2v) is 5.97. The molecule has 146 valence electrons. The van der Waals surface area contributed by atoms with E-state index in [-0.39, 0.29) is 18.0 Å². The Labute approximate surface area is 164 Å². The summed E-state index contributed by atoms with van der Waals surface area (Å²) >= 11 is 0. The maximum Gasteiger partial charge on any atom is 0.177 e. The summed E-state index contributed by atoms with van der Waals surface area (Å²) in [5.41, 5.74) is 7.30. The molecule has 0 fully saturated rings. The van der Waals surface area contributed by atoms with Crippen LogP contribution in [-0.2, 0) is 0 Å². The van der Waals surface area contributed by atoms with Crippen molar-refractivity contribution in [1.29, 1.82) is 5.41 Å². The van der Waals surface area contributed by atoms with E-state index >= 15 is 0 Å². The Kier molecular flexibility index (Phi) is 8.52. The lowest BCUT2D eigenvalue weighted by Gasteiger charge is -2.11. The van der Waals surface area contributed by atoms with Gasteiger partial charge in [-0.25, -0.2) is 14.4 Å². The van der Waals surface area contributed by atoms with Gasteiger partial charge in [-0.15, -0.1) is 0 Å². The minimum atomic E-state index is -0.230. The van der Waals surface area contributed by atoms with Gasteiger partial charge < -0.3 is 16.5 Å². The fourth-order valence-corrected chi connectivity index (χ4v) is 2.30. The number of rotatable bonds is 9. The molecule has 6 nitrogen and oxygen atoms in total. The van der Waals surface area contributed by atoms with Gasteiger partial charge in [0.15, 0.2) is 5.82 Å². The molecule has 0 unspecified atom stereocenters. The molecule has 1 aromatic heterocycles. The molecule has 1 aliphatic rings. The Morgan fingerprint density at radius 3 is 3.04 bits per heavy atom. The predicted molar refractivity (Wildman–Crippen MR) is 114 cm³/mol. The fraction of sp³-hybridized carbons (Fsp3) is 0.238. The number of nitrogens with zero attached hydrogens (tertiary/aromatic N) is 3. The zero-order valence-electron chi connectivity index (χ0n) is 15.9. The number of nitrogen functional groups attached to an aromatic ring is 1. The van der Waals surface area contributed by atoms with Crippen LogP contribution in [0.25, 0.3) is 5.70 Å². The molecule has 0 amide bonds. The Morgan fingerprint density at radius 2 is 2.25 bits per heavy atom. The topological polar surface area (TPSA) is 100 Å². The van der Waals surface area contributed by atoms with Crippen LogP contribution in [0.4, 0.5) is 10.2 Å². The van der Waals surface area contributed by atoms with Crippen molar-refractivity contribution < 1.29 is 4.39 Å². The minimum absolute atomic E-state index is 0.205. The molecule has 28 heavy (non-hydrogen) atoms. The molecule has 0 aromatic carbocycles. The zero-order valence-corrected chi connectivity index (χ0v) is 15.9. The molecular weight excluding hydrogens is 355 g/mol. The molecule has 0 radical (unpaired) electrons. The highest BCUT2D eigenvalue weighted by atomic mass is 19.1. The van der Waals surface area contributed by atoms with E-state index in [0.717, 1.165) is 12.0 Å². The molecule has 2 heterocycles. The maximum atomic E-state index is 13.9. The quantitative estimate of drug-likeness (QED) is 0.448. The number of halogens is 1. The highest BCUT2D eigenvalue weighted by Crippen LogP contribution is 2.12. The lowest BCUT2D eigenvalue weighted by Crippen LogP contribution is -2.18. The molecule has 1 aliphatic heterocycles.